The highest BCUT2D eigenvalue weighted by atomic mass is 79.9. The van der Waals surface area contributed by atoms with E-state index >= 15 is 0 Å². The predicted octanol–water partition coefficient (Wildman–Crippen LogP) is 4.70. The molecule has 4 rings (SSSR count). The Hall–Kier alpha value is -1.50. The van der Waals surface area contributed by atoms with Crippen LogP contribution >= 0.6 is 27.3 Å². The molecule has 4 nitrogen and oxygen atoms in total. The van der Waals surface area contributed by atoms with E-state index in [-0.39, 0.29) is 5.56 Å². The molecule has 0 aliphatic carbocycles. The molecule has 1 aliphatic heterocycles. The van der Waals surface area contributed by atoms with Crippen molar-refractivity contribution in [2.45, 2.75) is 39.3 Å². The Kier molecular flexibility index (Phi) is 4.52. The Morgan fingerprint density at radius 2 is 2.24 bits per heavy atom. The van der Waals surface area contributed by atoms with Crippen LogP contribution in [0.4, 0.5) is 0 Å². The van der Waals surface area contributed by atoms with E-state index in [2.05, 4.69) is 50.1 Å². The maximum Gasteiger partial charge on any atom is 0.259 e. The van der Waals surface area contributed by atoms with Gasteiger partial charge in [-0.1, -0.05) is 28.1 Å². The number of H-pyrrole nitrogens is 1. The van der Waals surface area contributed by atoms with E-state index in [1.54, 1.807) is 11.3 Å². The quantitative estimate of drug-likeness (QED) is 0.671. The standard InChI is InChI=1S/C19H20BrN3OS/c1-11-12(2)25-19-17(11)18(24)21-16(22-19)10-23-8-4-7-15(23)13-5-3-6-14(20)9-13/h3,5-6,9,15H,4,7-8,10H2,1-2H3,(H,21,22,24)/t15-/m1/s1. The topological polar surface area (TPSA) is 49.0 Å². The Bertz CT molecular complexity index is 994. The zero-order valence-electron chi connectivity index (χ0n) is 14.3. The molecule has 0 spiro atoms. The van der Waals surface area contributed by atoms with Gasteiger partial charge in [-0.25, -0.2) is 4.98 Å². The summed E-state index contributed by atoms with van der Waals surface area (Å²) in [6.07, 6.45) is 2.31. The van der Waals surface area contributed by atoms with Gasteiger partial charge < -0.3 is 4.98 Å². The molecule has 3 heterocycles. The zero-order chi connectivity index (χ0) is 17.6. The highest BCUT2D eigenvalue weighted by molar-refractivity contribution is 9.10. The van der Waals surface area contributed by atoms with Gasteiger partial charge in [-0.2, -0.15) is 0 Å². The average molecular weight is 418 g/mol. The van der Waals surface area contributed by atoms with Crippen LogP contribution in [0.5, 0.6) is 0 Å². The lowest BCUT2D eigenvalue weighted by Gasteiger charge is -2.24. The third kappa shape index (κ3) is 3.18. The fraction of sp³-hybridized carbons (Fsp3) is 0.368. The fourth-order valence-corrected chi connectivity index (χ4v) is 5.14. The largest absolute Gasteiger partial charge is 0.309 e. The molecule has 0 saturated carbocycles. The molecule has 1 aromatic carbocycles. The number of nitrogens with one attached hydrogen (secondary N) is 1. The number of halogens is 1. The lowest BCUT2D eigenvalue weighted by Crippen LogP contribution is -2.25. The van der Waals surface area contributed by atoms with Gasteiger partial charge in [-0.15, -0.1) is 11.3 Å². The summed E-state index contributed by atoms with van der Waals surface area (Å²) in [4.78, 5) is 24.7. The number of likely N-dealkylation sites (tertiary alicyclic amines) is 1. The van der Waals surface area contributed by atoms with E-state index in [1.807, 2.05) is 13.8 Å². The van der Waals surface area contributed by atoms with Gasteiger partial charge in [0, 0.05) is 15.4 Å². The molecule has 25 heavy (non-hydrogen) atoms. The van der Waals surface area contributed by atoms with Crippen molar-refractivity contribution in [2.75, 3.05) is 6.54 Å². The predicted molar refractivity (Wildman–Crippen MR) is 106 cm³/mol. The molecule has 0 radical (unpaired) electrons. The van der Waals surface area contributed by atoms with Crippen LogP contribution in [0, 0.1) is 13.8 Å². The third-order valence-electron chi connectivity index (χ3n) is 5.04. The molecule has 1 N–H and O–H groups in total. The Labute approximate surface area is 159 Å². The number of aromatic amines is 1. The maximum absolute atomic E-state index is 12.5. The minimum absolute atomic E-state index is 0.0138. The zero-order valence-corrected chi connectivity index (χ0v) is 16.7. The van der Waals surface area contributed by atoms with Gasteiger partial charge in [0.1, 0.15) is 10.7 Å². The van der Waals surface area contributed by atoms with Crippen molar-refractivity contribution in [1.29, 1.82) is 0 Å². The molecular formula is C19H20BrN3OS. The van der Waals surface area contributed by atoms with E-state index in [0.717, 1.165) is 39.0 Å². The van der Waals surface area contributed by atoms with E-state index in [0.29, 0.717) is 12.6 Å². The molecule has 3 aromatic rings. The summed E-state index contributed by atoms with van der Waals surface area (Å²) in [6, 6.07) is 8.88. The molecule has 1 aliphatic rings. The van der Waals surface area contributed by atoms with Crippen molar-refractivity contribution < 1.29 is 0 Å². The first-order valence-corrected chi connectivity index (χ1v) is 10.1. The molecule has 0 amide bonds. The van der Waals surface area contributed by atoms with Crippen LogP contribution < -0.4 is 5.56 Å². The van der Waals surface area contributed by atoms with Gasteiger partial charge in [0.2, 0.25) is 0 Å². The van der Waals surface area contributed by atoms with Gasteiger partial charge in [0.15, 0.2) is 0 Å². The number of thiophene rings is 1. The summed E-state index contributed by atoms with van der Waals surface area (Å²) < 4.78 is 1.11. The fourth-order valence-electron chi connectivity index (χ4n) is 3.67. The molecule has 0 bridgehead atoms. The van der Waals surface area contributed by atoms with Crippen LogP contribution in [0.3, 0.4) is 0 Å². The molecule has 2 aromatic heterocycles. The SMILES string of the molecule is Cc1sc2nc(CN3CCC[C@@H]3c3cccc(Br)c3)[nH]c(=O)c2c1C. The van der Waals surface area contributed by atoms with Gasteiger partial charge in [0.05, 0.1) is 11.9 Å². The van der Waals surface area contributed by atoms with Crippen molar-refractivity contribution >= 4 is 37.5 Å². The van der Waals surface area contributed by atoms with Crippen molar-refractivity contribution in [1.82, 2.24) is 14.9 Å². The van der Waals surface area contributed by atoms with Gasteiger partial charge in [-0.3, -0.25) is 9.69 Å². The highest BCUT2D eigenvalue weighted by Crippen LogP contribution is 2.34. The number of nitrogens with zero attached hydrogens (tertiary/aromatic N) is 2. The lowest BCUT2D eigenvalue weighted by molar-refractivity contribution is 0.242. The normalized spacial score (nSPS) is 18.3. The summed E-state index contributed by atoms with van der Waals surface area (Å²) in [5.41, 5.74) is 2.35. The first-order valence-electron chi connectivity index (χ1n) is 8.51. The summed E-state index contributed by atoms with van der Waals surface area (Å²) in [5.74, 6) is 0.764. The first-order chi connectivity index (χ1) is 12.0. The average Bonchev–Trinajstić information content (AvgIpc) is 3.13. The van der Waals surface area contributed by atoms with Crippen molar-refractivity contribution in [3.63, 3.8) is 0 Å². The number of benzene rings is 1. The number of fused-ring (bicyclic) bond motifs is 1. The first kappa shape index (κ1) is 16.9. The summed E-state index contributed by atoms with van der Waals surface area (Å²) in [5, 5.41) is 0.746. The summed E-state index contributed by atoms with van der Waals surface area (Å²) in [6.45, 7) is 5.75. The number of hydrogen-bond acceptors (Lipinski definition) is 4. The minimum atomic E-state index is -0.0138. The number of aryl methyl sites for hydroxylation is 2. The number of hydrogen-bond donors (Lipinski definition) is 1. The van der Waals surface area contributed by atoms with Crippen molar-refractivity contribution in [2.24, 2.45) is 0 Å². The molecule has 6 heteroatoms. The van der Waals surface area contributed by atoms with E-state index in [9.17, 15) is 4.79 Å². The lowest BCUT2D eigenvalue weighted by atomic mass is 10.0. The second-order valence-corrected chi connectivity index (χ2v) is 8.78. The maximum atomic E-state index is 12.5. The third-order valence-corrected chi connectivity index (χ3v) is 6.63. The summed E-state index contributed by atoms with van der Waals surface area (Å²) in [7, 11) is 0. The Morgan fingerprint density at radius 3 is 3.04 bits per heavy atom. The molecule has 0 unspecified atom stereocenters. The van der Waals surface area contributed by atoms with Crippen LogP contribution in [0.2, 0.25) is 0 Å². The van der Waals surface area contributed by atoms with Gasteiger partial charge in [0.25, 0.3) is 5.56 Å². The van der Waals surface area contributed by atoms with Crippen LogP contribution in [-0.4, -0.2) is 21.4 Å². The molecule has 1 fully saturated rings. The summed E-state index contributed by atoms with van der Waals surface area (Å²) >= 11 is 5.17. The van der Waals surface area contributed by atoms with Crippen molar-refractivity contribution in [3.8, 4) is 0 Å². The minimum Gasteiger partial charge on any atom is -0.309 e. The van der Waals surface area contributed by atoms with E-state index in [1.165, 1.54) is 16.9 Å². The second kappa shape index (κ2) is 6.67. The van der Waals surface area contributed by atoms with Crippen LogP contribution in [0.1, 0.15) is 40.7 Å². The molecule has 130 valence electrons. The van der Waals surface area contributed by atoms with Gasteiger partial charge in [-0.05, 0) is 56.5 Å². The second-order valence-electron chi connectivity index (χ2n) is 6.66. The van der Waals surface area contributed by atoms with Crippen LogP contribution in [-0.2, 0) is 6.54 Å². The van der Waals surface area contributed by atoms with Gasteiger partial charge >= 0.3 is 0 Å². The van der Waals surface area contributed by atoms with Crippen molar-refractivity contribution in [3.05, 3.63) is 60.9 Å². The monoisotopic (exact) mass is 417 g/mol. The number of rotatable bonds is 3. The Morgan fingerprint density at radius 1 is 1.40 bits per heavy atom. The molecule has 1 saturated heterocycles. The molecule has 1 atom stereocenters. The van der Waals surface area contributed by atoms with E-state index < -0.39 is 0 Å². The highest BCUT2D eigenvalue weighted by Gasteiger charge is 2.27. The molecular weight excluding hydrogens is 398 g/mol. The Balaban J connectivity index is 1.65. The smallest absolute Gasteiger partial charge is 0.259 e. The van der Waals surface area contributed by atoms with Crippen LogP contribution in [0.25, 0.3) is 10.2 Å². The van der Waals surface area contributed by atoms with E-state index in [4.69, 9.17) is 4.98 Å². The van der Waals surface area contributed by atoms with Crippen LogP contribution in [0.15, 0.2) is 33.5 Å². The number of aromatic nitrogens is 2.